The summed E-state index contributed by atoms with van der Waals surface area (Å²) in [5.74, 6) is -0.911. The molecule has 110 valence electrons. The lowest BCUT2D eigenvalue weighted by Gasteiger charge is -2.09. The number of nitrogens with one attached hydrogen (secondary N) is 1. The van der Waals surface area contributed by atoms with Crippen molar-refractivity contribution in [1.29, 1.82) is 0 Å². The third-order valence-corrected chi connectivity index (χ3v) is 2.90. The lowest BCUT2D eigenvalue weighted by Crippen LogP contribution is -2.21. The molecule has 2 aromatic rings. The highest BCUT2D eigenvalue weighted by molar-refractivity contribution is 5.90. The molecule has 0 unspecified atom stereocenters. The Morgan fingerprint density at radius 3 is 2.57 bits per heavy atom. The van der Waals surface area contributed by atoms with Crippen LogP contribution in [0.15, 0.2) is 48.5 Å². The molecule has 21 heavy (non-hydrogen) atoms. The van der Waals surface area contributed by atoms with Gasteiger partial charge in [0.1, 0.15) is 23.7 Å². The first-order valence-corrected chi connectivity index (χ1v) is 6.57. The van der Waals surface area contributed by atoms with E-state index in [1.807, 2.05) is 0 Å². The van der Waals surface area contributed by atoms with E-state index in [0.29, 0.717) is 25.4 Å². The maximum atomic E-state index is 12.7. The van der Waals surface area contributed by atoms with Crippen LogP contribution in [0, 0.1) is 5.82 Å². The Morgan fingerprint density at radius 2 is 1.86 bits per heavy atom. The second-order valence-corrected chi connectivity index (χ2v) is 4.45. The maximum absolute atomic E-state index is 12.7. The molecule has 2 aromatic carbocycles. The molecule has 0 heterocycles. The Labute approximate surface area is 122 Å². The molecule has 4 nitrogen and oxygen atoms in total. The van der Waals surface area contributed by atoms with Crippen LogP contribution >= 0.6 is 0 Å². The van der Waals surface area contributed by atoms with Crippen molar-refractivity contribution in [3.8, 4) is 5.75 Å². The average Bonchev–Trinajstić information content (AvgIpc) is 2.49. The topological polar surface area (TPSA) is 58.6 Å². The van der Waals surface area contributed by atoms with Crippen LogP contribution in [0.1, 0.15) is 15.9 Å². The van der Waals surface area contributed by atoms with Gasteiger partial charge in [-0.15, -0.1) is 0 Å². The van der Waals surface area contributed by atoms with Gasteiger partial charge in [0.25, 0.3) is 0 Å². The molecule has 5 heteroatoms. The SMILES string of the molecule is O=C(O)c1ccccc1OCCNCc1ccc(F)cc1. The van der Waals surface area contributed by atoms with E-state index in [1.165, 1.54) is 18.2 Å². The molecule has 0 aromatic heterocycles. The van der Waals surface area contributed by atoms with Crippen LogP contribution in [0.2, 0.25) is 0 Å². The number of ether oxygens (including phenoxy) is 1. The van der Waals surface area contributed by atoms with E-state index in [9.17, 15) is 9.18 Å². The number of aromatic carboxylic acids is 1. The molecule has 0 spiro atoms. The minimum atomic E-state index is -1.01. The quantitative estimate of drug-likeness (QED) is 0.769. The van der Waals surface area contributed by atoms with Gasteiger partial charge in [0.15, 0.2) is 0 Å². The van der Waals surface area contributed by atoms with Crippen molar-refractivity contribution < 1.29 is 19.0 Å². The Bertz CT molecular complexity index is 599. The lowest BCUT2D eigenvalue weighted by molar-refractivity contribution is 0.0692. The summed E-state index contributed by atoms with van der Waals surface area (Å²) >= 11 is 0. The molecule has 0 atom stereocenters. The smallest absolute Gasteiger partial charge is 0.339 e. The van der Waals surface area contributed by atoms with Gasteiger partial charge in [0.2, 0.25) is 0 Å². The number of hydrogen-bond donors (Lipinski definition) is 2. The standard InChI is InChI=1S/C16H16FNO3/c17-13-7-5-12(6-8-13)11-18-9-10-21-15-4-2-1-3-14(15)16(19)20/h1-8,18H,9-11H2,(H,19,20). The normalized spacial score (nSPS) is 10.3. The fourth-order valence-electron chi connectivity index (χ4n) is 1.84. The van der Waals surface area contributed by atoms with Gasteiger partial charge in [-0.2, -0.15) is 0 Å². The highest BCUT2D eigenvalue weighted by atomic mass is 19.1. The van der Waals surface area contributed by atoms with Gasteiger partial charge in [-0.3, -0.25) is 0 Å². The van der Waals surface area contributed by atoms with Crippen LogP contribution in [-0.4, -0.2) is 24.2 Å². The van der Waals surface area contributed by atoms with E-state index in [4.69, 9.17) is 9.84 Å². The van der Waals surface area contributed by atoms with Gasteiger partial charge >= 0.3 is 5.97 Å². The number of carbonyl (C=O) groups is 1. The number of hydrogen-bond acceptors (Lipinski definition) is 3. The second kappa shape index (κ2) is 7.40. The Kier molecular flexibility index (Phi) is 5.29. The van der Waals surface area contributed by atoms with E-state index in [-0.39, 0.29) is 11.4 Å². The first kappa shape index (κ1) is 15.0. The van der Waals surface area contributed by atoms with E-state index >= 15 is 0 Å². The summed E-state index contributed by atoms with van der Waals surface area (Å²) in [6, 6.07) is 12.8. The van der Waals surface area contributed by atoms with Crippen molar-refractivity contribution >= 4 is 5.97 Å². The maximum Gasteiger partial charge on any atom is 0.339 e. The molecule has 0 aliphatic rings. The predicted octanol–water partition coefficient (Wildman–Crippen LogP) is 2.69. The molecule has 0 fully saturated rings. The summed E-state index contributed by atoms with van der Waals surface area (Å²) in [6.45, 7) is 1.51. The number of rotatable bonds is 7. The summed E-state index contributed by atoms with van der Waals surface area (Å²) in [5, 5.41) is 12.2. The van der Waals surface area contributed by atoms with Crippen LogP contribution in [0.5, 0.6) is 5.75 Å². The van der Waals surface area contributed by atoms with E-state index < -0.39 is 5.97 Å². The minimum absolute atomic E-state index is 0.149. The van der Waals surface area contributed by atoms with E-state index in [0.717, 1.165) is 5.56 Å². The molecular formula is C16H16FNO3. The molecule has 0 radical (unpaired) electrons. The van der Waals surface area contributed by atoms with Crippen molar-refractivity contribution in [2.75, 3.05) is 13.2 Å². The summed E-state index contributed by atoms with van der Waals surface area (Å²) in [6.07, 6.45) is 0. The van der Waals surface area contributed by atoms with Crippen molar-refractivity contribution in [3.05, 3.63) is 65.5 Å². The first-order chi connectivity index (χ1) is 10.2. The zero-order valence-corrected chi connectivity index (χ0v) is 11.4. The van der Waals surface area contributed by atoms with Crippen LogP contribution < -0.4 is 10.1 Å². The molecular weight excluding hydrogens is 273 g/mol. The van der Waals surface area contributed by atoms with Gasteiger partial charge in [-0.05, 0) is 29.8 Å². The van der Waals surface area contributed by atoms with Gasteiger partial charge in [0, 0.05) is 13.1 Å². The molecule has 0 bridgehead atoms. The fraction of sp³-hybridized carbons (Fsp3) is 0.188. The summed E-state index contributed by atoms with van der Waals surface area (Å²) in [7, 11) is 0. The van der Waals surface area contributed by atoms with Crippen LogP contribution in [-0.2, 0) is 6.54 Å². The van der Waals surface area contributed by atoms with Crippen LogP contribution in [0.25, 0.3) is 0 Å². The van der Waals surface area contributed by atoms with Gasteiger partial charge < -0.3 is 15.2 Å². The van der Waals surface area contributed by atoms with E-state index in [2.05, 4.69) is 5.32 Å². The number of benzene rings is 2. The van der Waals surface area contributed by atoms with Gasteiger partial charge in [0.05, 0.1) is 0 Å². The van der Waals surface area contributed by atoms with Crippen LogP contribution in [0.4, 0.5) is 4.39 Å². The predicted molar refractivity (Wildman–Crippen MR) is 77.0 cm³/mol. The monoisotopic (exact) mass is 289 g/mol. The Balaban J connectivity index is 1.75. The third-order valence-electron chi connectivity index (χ3n) is 2.90. The lowest BCUT2D eigenvalue weighted by atomic mass is 10.2. The van der Waals surface area contributed by atoms with Crippen molar-refractivity contribution in [2.24, 2.45) is 0 Å². The molecule has 0 saturated carbocycles. The molecule has 0 aliphatic heterocycles. The number of carboxylic acids is 1. The zero-order chi connectivity index (χ0) is 15.1. The highest BCUT2D eigenvalue weighted by Gasteiger charge is 2.09. The molecule has 2 N–H and O–H groups in total. The molecule has 0 amide bonds. The highest BCUT2D eigenvalue weighted by Crippen LogP contribution is 2.17. The fourth-order valence-corrected chi connectivity index (χ4v) is 1.84. The van der Waals surface area contributed by atoms with E-state index in [1.54, 1.807) is 30.3 Å². The van der Waals surface area contributed by atoms with Crippen molar-refractivity contribution in [3.63, 3.8) is 0 Å². The zero-order valence-electron chi connectivity index (χ0n) is 11.4. The molecule has 0 aliphatic carbocycles. The third kappa shape index (κ3) is 4.57. The largest absolute Gasteiger partial charge is 0.491 e. The summed E-state index contributed by atoms with van der Waals surface area (Å²) in [4.78, 5) is 11.0. The van der Waals surface area contributed by atoms with Gasteiger partial charge in [-0.1, -0.05) is 24.3 Å². The number of halogens is 1. The minimum Gasteiger partial charge on any atom is -0.491 e. The van der Waals surface area contributed by atoms with Crippen molar-refractivity contribution in [1.82, 2.24) is 5.32 Å². The van der Waals surface area contributed by atoms with Gasteiger partial charge in [-0.25, -0.2) is 9.18 Å². The summed E-state index contributed by atoms with van der Waals surface area (Å²) < 4.78 is 18.2. The van der Waals surface area contributed by atoms with Crippen LogP contribution in [0.3, 0.4) is 0 Å². The summed E-state index contributed by atoms with van der Waals surface area (Å²) in [5.41, 5.74) is 1.12. The number of carboxylic acid groups (broad SMARTS) is 1. The number of para-hydroxylation sites is 1. The average molecular weight is 289 g/mol. The first-order valence-electron chi connectivity index (χ1n) is 6.57. The molecule has 2 rings (SSSR count). The van der Waals surface area contributed by atoms with Crippen molar-refractivity contribution in [2.45, 2.75) is 6.54 Å². The second-order valence-electron chi connectivity index (χ2n) is 4.45. The Morgan fingerprint density at radius 1 is 1.14 bits per heavy atom. The Hall–Kier alpha value is -2.40. The molecule has 0 saturated heterocycles.